The molecule has 2 bridgehead atoms. The molecule has 2 heterocycles. The Morgan fingerprint density at radius 1 is 1.23 bits per heavy atom. The Bertz CT molecular complexity index is 528. The van der Waals surface area contributed by atoms with Crippen LogP contribution < -0.4 is 10.6 Å². The zero-order valence-corrected chi connectivity index (χ0v) is 13.8. The first kappa shape index (κ1) is 15.5. The lowest BCUT2D eigenvalue weighted by Gasteiger charge is -2.28. The minimum Gasteiger partial charge on any atom is -0.356 e. The summed E-state index contributed by atoms with van der Waals surface area (Å²) in [6.07, 6.45) is 6.60. The van der Waals surface area contributed by atoms with Gasteiger partial charge in [-0.1, -0.05) is 23.8 Å². The van der Waals surface area contributed by atoms with Crippen LogP contribution in [-0.4, -0.2) is 24.5 Å². The third kappa shape index (κ3) is 3.89. The maximum absolute atomic E-state index is 12.1. The number of carbonyl (C=O) groups excluding carboxylic acids is 1. The van der Waals surface area contributed by atoms with Gasteiger partial charge in [0.05, 0.1) is 0 Å². The predicted molar refractivity (Wildman–Crippen MR) is 89.9 cm³/mol. The van der Waals surface area contributed by atoms with Crippen molar-refractivity contribution in [2.45, 2.75) is 64.5 Å². The first-order valence-electron chi connectivity index (χ1n) is 8.69. The molecule has 0 radical (unpaired) electrons. The Morgan fingerprint density at radius 3 is 2.64 bits per heavy atom. The maximum atomic E-state index is 12.1. The van der Waals surface area contributed by atoms with E-state index in [2.05, 4.69) is 42.7 Å². The zero-order valence-electron chi connectivity index (χ0n) is 13.8. The number of piperidine rings is 1. The van der Waals surface area contributed by atoms with E-state index in [9.17, 15) is 4.79 Å². The van der Waals surface area contributed by atoms with E-state index in [1.165, 1.54) is 42.4 Å². The molecule has 2 aliphatic heterocycles. The number of amides is 1. The second kappa shape index (κ2) is 6.82. The molecule has 0 aliphatic carbocycles. The Morgan fingerprint density at radius 2 is 1.95 bits per heavy atom. The molecule has 3 rings (SSSR count). The molecule has 3 nitrogen and oxygen atoms in total. The molecule has 2 N–H and O–H groups in total. The van der Waals surface area contributed by atoms with Crippen molar-refractivity contribution < 1.29 is 4.79 Å². The minimum absolute atomic E-state index is 0.232. The lowest BCUT2D eigenvalue weighted by Crippen LogP contribution is -2.39. The highest BCUT2D eigenvalue weighted by atomic mass is 16.1. The molecule has 120 valence electrons. The number of hydrogen-bond acceptors (Lipinski definition) is 2. The van der Waals surface area contributed by atoms with E-state index < -0.39 is 0 Å². The molecule has 1 aromatic carbocycles. The van der Waals surface area contributed by atoms with Gasteiger partial charge in [-0.2, -0.15) is 0 Å². The zero-order chi connectivity index (χ0) is 15.5. The molecule has 2 aliphatic rings. The minimum atomic E-state index is 0.232. The average Bonchev–Trinajstić information content (AvgIpc) is 2.80. The average molecular weight is 300 g/mol. The predicted octanol–water partition coefficient (Wildman–Crippen LogP) is 2.88. The second-order valence-electron chi connectivity index (χ2n) is 7.21. The summed E-state index contributed by atoms with van der Waals surface area (Å²) in [7, 11) is 0. The van der Waals surface area contributed by atoms with Gasteiger partial charge in [0.25, 0.3) is 0 Å². The van der Waals surface area contributed by atoms with Crippen molar-refractivity contribution in [3.63, 3.8) is 0 Å². The number of aryl methyl sites for hydroxylation is 2. The van der Waals surface area contributed by atoms with Crippen LogP contribution in [0.15, 0.2) is 18.2 Å². The SMILES string of the molecule is Cc1ccc(CCNC(=O)CC2CC3CCC(C2)N3)c(C)c1. The highest BCUT2D eigenvalue weighted by molar-refractivity contribution is 5.76. The summed E-state index contributed by atoms with van der Waals surface area (Å²) in [6.45, 7) is 5.01. The van der Waals surface area contributed by atoms with Crippen molar-refractivity contribution in [3.8, 4) is 0 Å². The summed E-state index contributed by atoms with van der Waals surface area (Å²) >= 11 is 0. The van der Waals surface area contributed by atoms with E-state index in [4.69, 9.17) is 0 Å². The number of carbonyl (C=O) groups is 1. The molecule has 0 aromatic heterocycles. The molecule has 2 saturated heterocycles. The van der Waals surface area contributed by atoms with Gasteiger partial charge >= 0.3 is 0 Å². The standard InChI is InChI=1S/C19H28N2O/c1-13-3-4-16(14(2)9-13)7-8-20-19(22)12-15-10-17-5-6-18(11-15)21-17/h3-4,9,15,17-18,21H,5-8,10-12H2,1-2H3,(H,20,22). The van der Waals surface area contributed by atoms with Gasteiger partial charge < -0.3 is 10.6 Å². The van der Waals surface area contributed by atoms with Crippen LogP contribution in [0.25, 0.3) is 0 Å². The van der Waals surface area contributed by atoms with Crippen molar-refractivity contribution in [2.24, 2.45) is 5.92 Å². The molecule has 2 fully saturated rings. The summed E-state index contributed by atoms with van der Waals surface area (Å²) < 4.78 is 0. The van der Waals surface area contributed by atoms with Gasteiger partial charge in [0.1, 0.15) is 0 Å². The van der Waals surface area contributed by atoms with Gasteiger partial charge in [-0.05, 0) is 63.0 Å². The quantitative estimate of drug-likeness (QED) is 0.878. The Labute approximate surface area is 133 Å². The second-order valence-corrected chi connectivity index (χ2v) is 7.21. The van der Waals surface area contributed by atoms with Crippen molar-refractivity contribution in [2.75, 3.05) is 6.54 Å². The molecule has 1 amide bonds. The van der Waals surface area contributed by atoms with Crippen molar-refractivity contribution >= 4 is 5.91 Å². The number of benzene rings is 1. The van der Waals surface area contributed by atoms with E-state index in [-0.39, 0.29) is 5.91 Å². The molecule has 3 heteroatoms. The molecule has 2 atom stereocenters. The molecule has 1 aromatic rings. The Balaban J connectivity index is 1.41. The fourth-order valence-electron chi connectivity index (χ4n) is 4.14. The first-order chi connectivity index (χ1) is 10.6. The Hall–Kier alpha value is -1.35. The first-order valence-corrected chi connectivity index (χ1v) is 8.69. The maximum Gasteiger partial charge on any atom is 0.220 e. The van der Waals surface area contributed by atoms with E-state index in [0.717, 1.165) is 13.0 Å². The van der Waals surface area contributed by atoms with Gasteiger partial charge in [-0.3, -0.25) is 4.79 Å². The van der Waals surface area contributed by atoms with Crippen molar-refractivity contribution in [3.05, 3.63) is 34.9 Å². The molecule has 22 heavy (non-hydrogen) atoms. The van der Waals surface area contributed by atoms with Crippen molar-refractivity contribution in [1.82, 2.24) is 10.6 Å². The largest absolute Gasteiger partial charge is 0.356 e. The summed E-state index contributed by atoms with van der Waals surface area (Å²) in [6, 6.07) is 7.89. The van der Waals surface area contributed by atoms with Crippen molar-refractivity contribution in [1.29, 1.82) is 0 Å². The molecule has 0 saturated carbocycles. The lowest BCUT2D eigenvalue weighted by molar-refractivity contribution is -0.122. The van der Waals surface area contributed by atoms with Crippen LogP contribution in [0.3, 0.4) is 0 Å². The monoisotopic (exact) mass is 300 g/mol. The number of rotatable bonds is 5. The molecular weight excluding hydrogens is 272 g/mol. The fraction of sp³-hybridized carbons (Fsp3) is 0.632. The fourth-order valence-corrected chi connectivity index (χ4v) is 4.14. The summed E-state index contributed by atoms with van der Waals surface area (Å²) in [5, 5.41) is 6.75. The number of nitrogens with one attached hydrogen (secondary N) is 2. The normalized spacial score (nSPS) is 26.9. The van der Waals surface area contributed by atoms with E-state index in [1.807, 2.05) is 0 Å². The molecule has 0 spiro atoms. The van der Waals surface area contributed by atoms with Crippen LogP contribution in [-0.2, 0) is 11.2 Å². The topological polar surface area (TPSA) is 41.1 Å². The van der Waals surface area contributed by atoms with Gasteiger partial charge in [-0.15, -0.1) is 0 Å². The molecule has 2 unspecified atom stereocenters. The lowest BCUT2D eigenvalue weighted by atomic mass is 9.89. The van der Waals surface area contributed by atoms with Crippen LogP contribution in [0.4, 0.5) is 0 Å². The highest BCUT2D eigenvalue weighted by Crippen LogP contribution is 2.32. The van der Waals surface area contributed by atoms with Gasteiger partial charge in [0.15, 0.2) is 0 Å². The number of hydrogen-bond donors (Lipinski definition) is 2. The smallest absolute Gasteiger partial charge is 0.220 e. The third-order valence-corrected chi connectivity index (χ3v) is 5.26. The van der Waals surface area contributed by atoms with E-state index in [0.29, 0.717) is 24.4 Å². The van der Waals surface area contributed by atoms with E-state index in [1.54, 1.807) is 0 Å². The Kier molecular flexibility index (Phi) is 4.82. The highest BCUT2D eigenvalue weighted by Gasteiger charge is 2.33. The summed E-state index contributed by atoms with van der Waals surface area (Å²) in [5.74, 6) is 0.816. The van der Waals surface area contributed by atoms with Crippen LogP contribution in [0.1, 0.15) is 48.8 Å². The number of fused-ring (bicyclic) bond motifs is 2. The van der Waals surface area contributed by atoms with Crippen LogP contribution in [0, 0.1) is 19.8 Å². The van der Waals surface area contributed by atoms with Gasteiger partial charge in [0, 0.05) is 25.0 Å². The van der Waals surface area contributed by atoms with Crippen LogP contribution in [0.5, 0.6) is 0 Å². The van der Waals surface area contributed by atoms with E-state index >= 15 is 0 Å². The van der Waals surface area contributed by atoms with Gasteiger partial charge in [0.2, 0.25) is 5.91 Å². The molecular formula is C19H28N2O. The van der Waals surface area contributed by atoms with Crippen LogP contribution >= 0.6 is 0 Å². The summed E-state index contributed by atoms with van der Waals surface area (Å²) in [4.78, 5) is 12.1. The van der Waals surface area contributed by atoms with Crippen LogP contribution in [0.2, 0.25) is 0 Å². The third-order valence-electron chi connectivity index (χ3n) is 5.26. The summed E-state index contributed by atoms with van der Waals surface area (Å²) in [5.41, 5.74) is 3.96. The van der Waals surface area contributed by atoms with Gasteiger partial charge in [-0.25, -0.2) is 0 Å².